The molecule has 1 amide bonds. The standard InChI is InChI=1S/C23H23Cl3N4O2.ClH/c1-28(29-12-4-3-5-13-29)23(31)20-22(32-2)21(15-6-8-16(24)9-7-15)30(27-20)19-11-10-17(25)14-18(19)26;/h6-11,14H,3-5,12-13H2,1-2H3;1H. The minimum Gasteiger partial charge on any atom is -0.492 e. The summed E-state index contributed by atoms with van der Waals surface area (Å²) in [4.78, 5) is 13.5. The number of piperidine rings is 1. The summed E-state index contributed by atoms with van der Waals surface area (Å²) >= 11 is 18.7. The number of hydrogen-bond donors (Lipinski definition) is 0. The lowest BCUT2D eigenvalue weighted by atomic mass is 10.1. The maximum absolute atomic E-state index is 13.5. The summed E-state index contributed by atoms with van der Waals surface area (Å²) in [5.74, 6) is 0.120. The van der Waals surface area contributed by atoms with Crippen LogP contribution in [0.1, 0.15) is 29.8 Å². The molecule has 0 spiro atoms. The Morgan fingerprint density at radius 1 is 1.00 bits per heavy atom. The van der Waals surface area contributed by atoms with Crippen LogP contribution in [0.3, 0.4) is 0 Å². The van der Waals surface area contributed by atoms with Crippen LogP contribution in [0.15, 0.2) is 42.5 Å². The van der Waals surface area contributed by atoms with E-state index in [9.17, 15) is 4.79 Å². The fourth-order valence-electron chi connectivity index (χ4n) is 3.88. The average molecular weight is 530 g/mol. The maximum Gasteiger partial charge on any atom is 0.292 e. The van der Waals surface area contributed by atoms with Gasteiger partial charge < -0.3 is 4.74 Å². The Morgan fingerprint density at radius 2 is 1.64 bits per heavy atom. The van der Waals surface area contributed by atoms with Crippen LogP contribution in [0.25, 0.3) is 16.9 Å². The normalized spacial score (nSPS) is 14.0. The highest BCUT2D eigenvalue weighted by atomic mass is 35.5. The predicted octanol–water partition coefficient (Wildman–Crippen LogP) is 6.40. The van der Waals surface area contributed by atoms with Crippen LogP contribution in [0.4, 0.5) is 0 Å². The molecule has 0 bridgehead atoms. The number of carbonyl (C=O) groups excluding carboxylic acids is 1. The van der Waals surface area contributed by atoms with E-state index in [1.54, 1.807) is 47.1 Å². The number of halogens is 4. The smallest absolute Gasteiger partial charge is 0.292 e. The van der Waals surface area contributed by atoms with Gasteiger partial charge in [0.15, 0.2) is 11.4 Å². The summed E-state index contributed by atoms with van der Waals surface area (Å²) in [5.41, 5.74) is 2.17. The minimum atomic E-state index is -0.247. The molecule has 3 aromatic rings. The van der Waals surface area contributed by atoms with Gasteiger partial charge >= 0.3 is 0 Å². The zero-order valence-corrected chi connectivity index (χ0v) is 21.3. The van der Waals surface area contributed by atoms with E-state index in [0.717, 1.165) is 31.5 Å². The molecule has 2 heterocycles. The molecule has 0 unspecified atom stereocenters. The van der Waals surface area contributed by atoms with Crippen molar-refractivity contribution in [3.8, 4) is 22.7 Å². The summed E-state index contributed by atoms with van der Waals surface area (Å²) in [6.07, 6.45) is 3.28. The lowest BCUT2D eigenvalue weighted by Gasteiger charge is -2.34. The van der Waals surface area contributed by atoms with Crippen molar-refractivity contribution in [1.29, 1.82) is 0 Å². The Morgan fingerprint density at radius 3 is 2.24 bits per heavy atom. The van der Waals surface area contributed by atoms with Crippen molar-refractivity contribution >= 4 is 53.1 Å². The summed E-state index contributed by atoms with van der Waals surface area (Å²) < 4.78 is 7.36. The first-order valence-electron chi connectivity index (χ1n) is 10.3. The molecule has 1 saturated heterocycles. The van der Waals surface area contributed by atoms with E-state index in [4.69, 9.17) is 39.5 Å². The fraction of sp³-hybridized carbons (Fsp3) is 0.304. The number of hydrazine groups is 1. The zero-order valence-electron chi connectivity index (χ0n) is 18.2. The van der Waals surface area contributed by atoms with Gasteiger partial charge in [0, 0.05) is 35.7 Å². The molecule has 0 N–H and O–H groups in total. The maximum atomic E-state index is 13.5. The van der Waals surface area contributed by atoms with Crippen molar-refractivity contribution in [2.45, 2.75) is 19.3 Å². The van der Waals surface area contributed by atoms with Crippen LogP contribution in [0.2, 0.25) is 15.1 Å². The monoisotopic (exact) mass is 528 g/mol. The van der Waals surface area contributed by atoms with Gasteiger partial charge in [0.2, 0.25) is 0 Å². The molecule has 0 aliphatic carbocycles. The van der Waals surface area contributed by atoms with Crippen molar-refractivity contribution in [2.75, 3.05) is 27.2 Å². The number of methoxy groups -OCH3 is 1. The SMILES string of the molecule is COc1c(C(=O)N(C)N2CCCCC2)nn(-c2ccc(Cl)cc2Cl)c1-c1ccc(Cl)cc1.Cl. The third kappa shape index (κ3) is 5.26. The fourth-order valence-corrected chi connectivity index (χ4v) is 4.50. The van der Waals surface area contributed by atoms with Gasteiger partial charge in [0.05, 0.1) is 17.8 Å². The van der Waals surface area contributed by atoms with Crippen LogP contribution >= 0.6 is 47.2 Å². The summed E-state index contributed by atoms with van der Waals surface area (Å²) in [7, 11) is 3.30. The molecule has 176 valence electrons. The van der Waals surface area contributed by atoms with Crippen molar-refractivity contribution < 1.29 is 9.53 Å². The zero-order chi connectivity index (χ0) is 22.8. The molecule has 1 aromatic heterocycles. The Bertz CT molecular complexity index is 1130. The second kappa shape index (κ2) is 11.0. The predicted molar refractivity (Wildman–Crippen MR) is 135 cm³/mol. The first-order valence-corrected chi connectivity index (χ1v) is 11.5. The second-order valence-corrected chi connectivity index (χ2v) is 8.87. The quantitative estimate of drug-likeness (QED) is 0.383. The van der Waals surface area contributed by atoms with E-state index < -0.39 is 0 Å². The molecule has 33 heavy (non-hydrogen) atoms. The third-order valence-electron chi connectivity index (χ3n) is 5.55. The number of hydrogen-bond acceptors (Lipinski definition) is 4. The highest BCUT2D eigenvalue weighted by Gasteiger charge is 2.31. The Kier molecular flexibility index (Phi) is 8.54. The Balaban J connectivity index is 0.00000306. The van der Waals surface area contributed by atoms with Gasteiger partial charge in [-0.25, -0.2) is 9.69 Å². The summed E-state index contributed by atoms with van der Waals surface area (Å²) in [6, 6.07) is 12.4. The van der Waals surface area contributed by atoms with Crippen LogP contribution < -0.4 is 4.74 Å². The molecule has 1 aliphatic heterocycles. The molecule has 0 radical (unpaired) electrons. The van der Waals surface area contributed by atoms with Crippen LogP contribution in [-0.4, -0.2) is 53.0 Å². The molecule has 0 saturated carbocycles. The highest BCUT2D eigenvalue weighted by molar-refractivity contribution is 6.35. The van der Waals surface area contributed by atoms with E-state index in [-0.39, 0.29) is 24.0 Å². The molecular formula is C23H24Cl4N4O2. The summed E-state index contributed by atoms with van der Waals surface area (Å²) in [6.45, 7) is 1.66. The molecule has 2 aromatic carbocycles. The Hall–Kier alpha value is -1.96. The van der Waals surface area contributed by atoms with Crippen molar-refractivity contribution in [1.82, 2.24) is 19.8 Å². The van der Waals surface area contributed by atoms with Gasteiger partial charge in [-0.2, -0.15) is 5.10 Å². The van der Waals surface area contributed by atoms with E-state index in [2.05, 4.69) is 5.10 Å². The minimum absolute atomic E-state index is 0. The van der Waals surface area contributed by atoms with E-state index >= 15 is 0 Å². The molecule has 6 nitrogen and oxygen atoms in total. The topological polar surface area (TPSA) is 50.6 Å². The number of aromatic nitrogens is 2. The van der Waals surface area contributed by atoms with Gasteiger partial charge in [-0.3, -0.25) is 9.80 Å². The summed E-state index contributed by atoms with van der Waals surface area (Å²) in [5, 5.41) is 9.85. The number of benzene rings is 2. The second-order valence-electron chi connectivity index (χ2n) is 7.59. The molecule has 0 atom stereocenters. The average Bonchev–Trinajstić information content (AvgIpc) is 3.18. The third-order valence-corrected chi connectivity index (χ3v) is 6.34. The van der Waals surface area contributed by atoms with Crippen molar-refractivity contribution in [3.05, 3.63) is 63.2 Å². The van der Waals surface area contributed by atoms with E-state index in [0.29, 0.717) is 32.2 Å². The lowest BCUT2D eigenvalue weighted by molar-refractivity contribution is -0.00568. The molecule has 1 fully saturated rings. The van der Waals surface area contributed by atoms with Gasteiger partial charge in [-0.15, -0.1) is 12.4 Å². The highest BCUT2D eigenvalue weighted by Crippen LogP contribution is 2.38. The Labute approximate surface area is 214 Å². The van der Waals surface area contributed by atoms with Gasteiger partial charge in [0.25, 0.3) is 5.91 Å². The first kappa shape index (κ1) is 25.7. The van der Waals surface area contributed by atoms with Crippen LogP contribution in [0.5, 0.6) is 5.75 Å². The van der Waals surface area contributed by atoms with E-state index in [1.807, 2.05) is 17.1 Å². The van der Waals surface area contributed by atoms with Crippen molar-refractivity contribution in [3.63, 3.8) is 0 Å². The van der Waals surface area contributed by atoms with Crippen molar-refractivity contribution in [2.24, 2.45) is 0 Å². The number of ether oxygens (including phenoxy) is 1. The number of nitrogens with zero attached hydrogens (tertiary/aromatic N) is 4. The number of amides is 1. The van der Waals surface area contributed by atoms with Crippen LogP contribution in [-0.2, 0) is 0 Å². The van der Waals surface area contributed by atoms with Gasteiger partial charge in [-0.05, 0) is 43.2 Å². The molecule has 10 heteroatoms. The lowest BCUT2D eigenvalue weighted by Crippen LogP contribution is -2.46. The molecule has 1 aliphatic rings. The number of carbonyl (C=O) groups is 1. The number of rotatable bonds is 5. The molecule has 4 rings (SSSR count). The molecular weight excluding hydrogens is 506 g/mol. The largest absolute Gasteiger partial charge is 0.492 e. The van der Waals surface area contributed by atoms with Gasteiger partial charge in [-0.1, -0.05) is 53.4 Å². The van der Waals surface area contributed by atoms with E-state index in [1.165, 1.54) is 13.5 Å². The first-order chi connectivity index (χ1) is 15.4. The van der Waals surface area contributed by atoms with Crippen LogP contribution in [0, 0.1) is 0 Å². The van der Waals surface area contributed by atoms with Gasteiger partial charge in [0.1, 0.15) is 5.69 Å².